The predicted molar refractivity (Wildman–Crippen MR) is 64.6 cm³/mol. The summed E-state index contributed by atoms with van der Waals surface area (Å²) in [6.07, 6.45) is 5.30. The Labute approximate surface area is 97.3 Å². The van der Waals surface area contributed by atoms with Gasteiger partial charge in [0.15, 0.2) is 0 Å². The molecule has 1 N–H and O–H groups in total. The third kappa shape index (κ3) is 2.56. The molecule has 16 heavy (non-hydrogen) atoms. The first-order valence-corrected chi connectivity index (χ1v) is 6.25. The van der Waals surface area contributed by atoms with Gasteiger partial charge in [-0.05, 0) is 18.9 Å². The van der Waals surface area contributed by atoms with Crippen LogP contribution in [0.25, 0.3) is 0 Å². The Morgan fingerprint density at radius 1 is 1.31 bits per heavy atom. The zero-order chi connectivity index (χ0) is 11.4. The first-order valence-electron chi connectivity index (χ1n) is 6.25. The molecule has 1 aromatic carbocycles. The summed E-state index contributed by atoms with van der Waals surface area (Å²) in [5.74, 6) is 0.864. The second kappa shape index (κ2) is 5.35. The Morgan fingerprint density at radius 3 is 2.94 bits per heavy atom. The standard InChI is InChI=1S/C14H20O2/c1-2-3-4-7-11-10-13(15)12-8-5-6-9-14(12)16-11/h5-6,8-9,11,13,15H,2-4,7,10H2,1H3/t11?,13-/m0/s1. The molecule has 2 nitrogen and oxygen atoms in total. The molecule has 1 heterocycles. The highest BCUT2D eigenvalue weighted by molar-refractivity contribution is 5.36. The normalized spacial score (nSPS) is 23.6. The van der Waals surface area contributed by atoms with Crippen LogP contribution in [0.5, 0.6) is 5.75 Å². The van der Waals surface area contributed by atoms with Crippen LogP contribution in [0, 0.1) is 0 Å². The Bertz CT molecular complexity index is 335. The van der Waals surface area contributed by atoms with Crippen molar-refractivity contribution in [2.45, 2.75) is 51.2 Å². The van der Waals surface area contributed by atoms with E-state index in [0.29, 0.717) is 0 Å². The molecule has 1 aliphatic rings. The summed E-state index contributed by atoms with van der Waals surface area (Å²) in [4.78, 5) is 0. The predicted octanol–water partition coefficient (Wildman–Crippen LogP) is 3.45. The lowest BCUT2D eigenvalue weighted by atomic mass is 9.96. The number of para-hydroxylation sites is 1. The zero-order valence-electron chi connectivity index (χ0n) is 9.86. The monoisotopic (exact) mass is 220 g/mol. The largest absolute Gasteiger partial charge is 0.490 e. The Morgan fingerprint density at radius 2 is 2.12 bits per heavy atom. The number of unbranched alkanes of at least 4 members (excludes halogenated alkanes) is 2. The minimum Gasteiger partial charge on any atom is -0.490 e. The highest BCUT2D eigenvalue weighted by Gasteiger charge is 2.25. The van der Waals surface area contributed by atoms with E-state index in [1.807, 2.05) is 24.3 Å². The summed E-state index contributed by atoms with van der Waals surface area (Å²) in [5.41, 5.74) is 0.939. The summed E-state index contributed by atoms with van der Waals surface area (Å²) in [7, 11) is 0. The van der Waals surface area contributed by atoms with E-state index in [1.165, 1.54) is 19.3 Å². The topological polar surface area (TPSA) is 29.5 Å². The average molecular weight is 220 g/mol. The minimum absolute atomic E-state index is 0.191. The van der Waals surface area contributed by atoms with Gasteiger partial charge in [0.25, 0.3) is 0 Å². The summed E-state index contributed by atoms with van der Waals surface area (Å²) in [6, 6.07) is 7.80. The molecule has 88 valence electrons. The Balaban J connectivity index is 1.98. The fraction of sp³-hybridized carbons (Fsp3) is 0.571. The van der Waals surface area contributed by atoms with E-state index in [0.717, 1.165) is 24.2 Å². The minimum atomic E-state index is -0.350. The van der Waals surface area contributed by atoms with E-state index in [1.54, 1.807) is 0 Å². The molecule has 0 fully saturated rings. The van der Waals surface area contributed by atoms with E-state index < -0.39 is 0 Å². The van der Waals surface area contributed by atoms with Gasteiger partial charge in [0.1, 0.15) is 11.9 Å². The average Bonchev–Trinajstić information content (AvgIpc) is 2.30. The smallest absolute Gasteiger partial charge is 0.125 e. The molecule has 0 aromatic heterocycles. The van der Waals surface area contributed by atoms with E-state index in [4.69, 9.17) is 4.74 Å². The van der Waals surface area contributed by atoms with Gasteiger partial charge in [0, 0.05) is 12.0 Å². The molecule has 0 aliphatic carbocycles. The van der Waals surface area contributed by atoms with E-state index in [2.05, 4.69) is 6.92 Å². The van der Waals surface area contributed by atoms with Gasteiger partial charge < -0.3 is 9.84 Å². The zero-order valence-corrected chi connectivity index (χ0v) is 9.86. The van der Waals surface area contributed by atoms with Gasteiger partial charge in [-0.2, -0.15) is 0 Å². The van der Waals surface area contributed by atoms with Gasteiger partial charge in [-0.15, -0.1) is 0 Å². The van der Waals surface area contributed by atoms with Crippen LogP contribution in [0.1, 0.15) is 50.7 Å². The lowest BCUT2D eigenvalue weighted by Crippen LogP contribution is -2.25. The molecule has 0 radical (unpaired) electrons. The van der Waals surface area contributed by atoms with Gasteiger partial charge >= 0.3 is 0 Å². The molecule has 2 rings (SSSR count). The van der Waals surface area contributed by atoms with Crippen molar-refractivity contribution in [1.82, 2.24) is 0 Å². The van der Waals surface area contributed by atoms with E-state index in [-0.39, 0.29) is 12.2 Å². The molecule has 0 saturated heterocycles. The first kappa shape index (κ1) is 11.5. The second-order valence-electron chi connectivity index (χ2n) is 4.52. The summed E-state index contributed by atoms with van der Waals surface area (Å²) >= 11 is 0. The van der Waals surface area contributed by atoms with Crippen molar-refractivity contribution in [1.29, 1.82) is 0 Å². The van der Waals surface area contributed by atoms with Crippen LogP contribution in [0.15, 0.2) is 24.3 Å². The number of aliphatic hydroxyl groups excluding tert-OH is 1. The van der Waals surface area contributed by atoms with Crippen molar-refractivity contribution in [3.63, 3.8) is 0 Å². The van der Waals surface area contributed by atoms with Gasteiger partial charge in [-0.25, -0.2) is 0 Å². The van der Waals surface area contributed by atoms with Crippen LogP contribution < -0.4 is 4.74 Å². The number of hydrogen-bond donors (Lipinski definition) is 1. The van der Waals surface area contributed by atoms with Crippen molar-refractivity contribution >= 4 is 0 Å². The summed E-state index contributed by atoms with van der Waals surface area (Å²) in [5, 5.41) is 10.0. The molecule has 1 unspecified atom stereocenters. The Kier molecular flexibility index (Phi) is 3.83. The molecule has 0 bridgehead atoms. The van der Waals surface area contributed by atoms with E-state index in [9.17, 15) is 5.11 Å². The maximum absolute atomic E-state index is 10.0. The quantitative estimate of drug-likeness (QED) is 0.787. The highest BCUT2D eigenvalue weighted by atomic mass is 16.5. The lowest BCUT2D eigenvalue weighted by Gasteiger charge is -2.29. The molecular weight excluding hydrogens is 200 g/mol. The number of benzene rings is 1. The van der Waals surface area contributed by atoms with Gasteiger partial charge in [0.05, 0.1) is 6.10 Å². The van der Waals surface area contributed by atoms with E-state index >= 15 is 0 Å². The number of hydrogen-bond acceptors (Lipinski definition) is 2. The molecular formula is C14H20O2. The van der Waals surface area contributed by atoms with Crippen LogP contribution in [0.4, 0.5) is 0 Å². The third-order valence-corrected chi connectivity index (χ3v) is 3.19. The molecule has 0 amide bonds. The van der Waals surface area contributed by atoms with Gasteiger partial charge in [0.2, 0.25) is 0 Å². The number of ether oxygens (including phenoxy) is 1. The molecule has 1 aliphatic heterocycles. The highest BCUT2D eigenvalue weighted by Crippen LogP contribution is 2.35. The van der Waals surface area contributed by atoms with Crippen molar-refractivity contribution in [3.05, 3.63) is 29.8 Å². The fourth-order valence-corrected chi connectivity index (χ4v) is 2.27. The maximum Gasteiger partial charge on any atom is 0.125 e. The maximum atomic E-state index is 10.0. The second-order valence-corrected chi connectivity index (χ2v) is 4.52. The van der Waals surface area contributed by atoms with Gasteiger partial charge in [-0.1, -0.05) is 38.0 Å². The molecule has 2 atom stereocenters. The number of fused-ring (bicyclic) bond motifs is 1. The SMILES string of the molecule is CCCCCC1C[C@H](O)c2ccccc2O1. The van der Waals surface area contributed by atoms with Crippen LogP contribution in [-0.4, -0.2) is 11.2 Å². The van der Waals surface area contributed by atoms with Crippen molar-refractivity contribution in [3.8, 4) is 5.75 Å². The summed E-state index contributed by atoms with van der Waals surface area (Å²) < 4.78 is 5.89. The number of aliphatic hydroxyl groups is 1. The lowest BCUT2D eigenvalue weighted by molar-refractivity contribution is 0.0605. The molecule has 0 saturated carbocycles. The Hall–Kier alpha value is -1.02. The summed E-state index contributed by atoms with van der Waals surface area (Å²) in [6.45, 7) is 2.20. The molecule has 1 aromatic rings. The molecule has 2 heteroatoms. The van der Waals surface area contributed by atoms with Crippen molar-refractivity contribution < 1.29 is 9.84 Å². The van der Waals surface area contributed by atoms with Crippen LogP contribution in [0.3, 0.4) is 0 Å². The third-order valence-electron chi connectivity index (χ3n) is 3.19. The van der Waals surface area contributed by atoms with Gasteiger partial charge in [-0.3, -0.25) is 0 Å². The molecule has 0 spiro atoms. The number of rotatable bonds is 4. The van der Waals surface area contributed by atoms with Crippen LogP contribution in [-0.2, 0) is 0 Å². The van der Waals surface area contributed by atoms with Crippen LogP contribution in [0.2, 0.25) is 0 Å². The van der Waals surface area contributed by atoms with Crippen molar-refractivity contribution in [2.75, 3.05) is 0 Å². The van der Waals surface area contributed by atoms with Crippen LogP contribution >= 0.6 is 0 Å². The first-order chi connectivity index (χ1) is 7.81. The fourth-order valence-electron chi connectivity index (χ4n) is 2.27. The van der Waals surface area contributed by atoms with Crippen molar-refractivity contribution in [2.24, 2.45) is 0 Å².